The summed E-state index contributed by atoms with van der Waals surface area (Å²) in [5.41, 5.74) is 6.50. The van der Waals surface area contributed by atoms with E-state index in [1.807, 2.05) is 31.2 Å². The van der Waals surface area contributed by atoms with Gasteiger partial charge in [0, 0.05) is 5.02 Å². The molecule has 0 radical (unpaired) electrons. The van der Waals surface area contributed by atoms with E-state index in [0.717, 1.165) is 5.56 Å². The van der Waals surface area contributed by atoms with Crippen molar-refractivity contribution in [2.75, 3.05) is 11.1 Å². The first kappa shape index (κ1) is 12.9. The zero-order valence-corrected chi connectivity index (χ0v) is 11.1. The van der Waals surface area contributed by atoms with Crippen molar-refractivity contribution in [2.24, 2.45) is 0 Å². The van der Waals surface area contributed by atoms with Crippen LogP contribution in [0.3, 0.4) is 0 Å². The van der Waals surface area contributed by atoms with E-state index in [1.165, 1.54) is 0 Å². The van der Waals surface area contributed by atoms with Crippen molar-refractivity contribution in [2.45, 2.75) is 13.0 Å². The van der Waals surface area contributed by atoms with E-state index in [9.17, 15) is 0 Å². The lowest BCUT2D eigenvalue weighted by atomic mass is 10.1. The maximum absolute atomic E-state index is 5.93. The third-order valence-electron chi connectivity index (χ3n) is 2.32. The molecule has 2 aromatic rings. The monoisotopic (exact) mass is 283 g/mol. The number of nitrogens with one attached hydrogen (secondary N) is 1. The van der Waals surface area contributed by atoms with Gasteiger partial charge in [-0.05, 0) is 36.2 Å². The lowest BCUT2D eigenvalue weighted by Gasteiger charge is -2.14. The SMILES string of the molecule is CC(Nc1nc(N)nc(Cl)n1)c1cccc(Cl)c1. The van der Waals surface area contributed by atoms with Crippen LogP contribution in [0.1, 0.15) is 18.5 Å². The lowest BCUT2D eigenvalue weighted by molar-refractivity contribution is 0.855. The predicted octanol–water partition coefficient (Wildman–Crippen LogP) is 2.93. The van der Waals surface area contributed by atoms with E-state index < -0.39 is 0 Å². The number of hydrogen-bond acceptors (Lipinski definition) is 5. The van der Waals surface area contributed by atoms with E-state index >= 15 is 0 Å². The molecule has 18 heavy (non-hydrogen) atoms. The molecular weight excluding hydrogens is 273 g/mol. The second-order valence-corrected chi connectivity index (χ2v) is 4.48. The fourth-order valence-corrected chi connectivity index (χ4v) is 1.85. The number of aromatic nitrogens is 3. The summed E-state index contributed by atoms with van der Waals surface area (Å²) >= 11 is 11.6. The van der Waals surface area contributed by atoms with Gasteiger partial charge in [0.1, 0.15) is 0 Å². The Hall–Kier alpha value is -1.59. The average molecular weight is 284 g/mol. The number of nitrogens with zero attached hydrogens (tertiary/aromatic N) is 3. The molecule has 0 bridgehead atoms. The molecule has 0 amide bonds. The number of anilines is 2. The van der Waals surface area contributed by atoms with Gasteiger partial charge in [0.15, 0.2) is 0 Å². The zero-order valence-electron chi connectivity index (χ0n) is 9.56. The first-order chi connectivity index (χ1) is 8.54. The van der Waals surface area contributed by atoms with Crippen LogP contribution in [0.2, 0.25) is 10.3 Å². The maximum Gasteiger partial charge on any atom is 0.229 e. The fraction of sp³-hybridized carbons (Fsp3) is 0.182. The van der Waals surface area contributed by atoms with Crippen LogP contribution in [-0.4, -0.2) is 15.0 Å². The van der Waals surface area contributed by atoms with Crippen LogP contribution < -0.4 is 11.1 Å². The van der Waals surface area contributed by atoms with Crippen LogP contribution in [0.4, 0.5) is 11.9 Å². The third-order valence-corrected chi connectivity index (χ3v) is 2.72. The lowest BCUT2D eigenvalue weighted by Crippen LogP contribution is -2.11. The summed E-state index contributed by atoms with van der Waals surface area (Å²) in [7, 11) is 0. The summed E-state index contributed by atoms with van der Waals surface area (Å²) in [4.78, 5) is 11.6. The summed E-state index contributed by atoms with van der Waals surface area (Å²) in [5.74, 6) is 0.413. The van der Waals surface area contributed by atoms with Crippen molar-refractivity contribution in [1.29, 1.82) is 0 Å². The van der Waals surface area contributed by atoms with Crippen molar-refractivity contribution in [3.63, 3.8) is 0 Å². The highest BCUT2D eigenvalue weighted by Gasteiger charge is 2.09. The molecule has 1 aromatic carbocycles. The molecule has 1 aromatic heterocycles. The Morgan fingerprint density at radius 1 is 1.22 bits per heavy atom. The van der Waals surface area contributed by atoms with E-state index in [-0.39, 0.29) is 17.3 Å². The number of nitrogens with two attached hydrogens (primary N) is 1. The van der Waals surface area contributed by atoms with Crippen LogP contribution in [-0.2, 0) is 0 Å². The Kier molecular flexibility index (Phi) is 3.84. The number of rotatable bonds is 3. The van der Waals surface area contributed by atoms with Gasteiger partial charge in [-0.2, -0.15) is 15.0 Å². The Morgan fingerprint density at radius 2 is 2.00 bits per heavy atom. The molecule has 7 heteroatoms. The quantitative estimate of drug-likeness (QED) is 0.906. The summed E-state index contributed by atoms with van der Waals surface area (Å²) in [6.45, 7) is 1.96. The molecule has 1 heterocycles. The van der Waals surface area contributed by atoms with Gasteiger partial charge < -0.3 is 11.1 Å². The maximum atomic E-state index is 5.93. The Bertz CT molecular complexity index is 541. The van der Waals surface area contributed by atoms with Crippen molar-refractivity contribution in [3.05, 3.63) is 40.1 Å². The predicted molar refractivity (Wildman–Crippen MR) is 72.7 cm³/mol. The van der Waals surface area contributed by atoms with Gasteiger partial charge in [-0.15, -0.1) is 0 Å². The third kappa shape index (κ3) is 3.21. The molecule has 0 aliphatic heterocycles. The van der Waals surface area contributed by atoms with Gasteiger partial charge in [-0.1, -0.05) is 23.7 Å². The second-order valence-electron chi connectivity index (χ2n) is 3.71. The van der Waals surface area contributed by atoms with E-state index in [2.05, 4.69) is 20.3 Å². The molecule has 0 fully saturated rings. The minimum Gasteiger partial charge on any atom is -0.368 e. The normalized spacial score (nSPS) is 12.2. The minimum absolute atomic E-state index is 0.0263. The number of benzene rings is 1. The highest BCUT2D eigenvalue weighted by molar-refractivity contribution is 6.30. The fourth-order valence-electron chi connectivity index (χ4n) is 1.48. The van der Waals surface area contributed by atoms with Crippen molar-refractivity contribution in [1.82, 2.24) is 15.0 Å². The van der Waals surface area contributed by atoms with Gasteiger partial charge in [0.25, 0.3) is 0 Å². The molecule has 1 atom stereocenters. The van der Waals surface area contributed by atoms with Crippen LogP contribution >= 0.6 is 23.2 Å². The van der Waals surface area contributed by atoms with Crippen LogP contribution in [0.5, 0.6) is 0 Å². The molecule has 0 saturated heterocycles. The molecule has 0 spiro atoms. The van der Waals surface area contributed by atoms with Crippen LogP contribution in [0, 0.1) is 0 Å². The number of hydrogen-bond donors (Lipinski definition) is 2. The van der Waals surface area contributed by atoms with Gasteiger partial charge in [-0.25, -0.2) is 0 Å². The second kappa shape index (κ2) is 5.37. The van der Waals surface area contributed by atoms with E-state index in [1.54, 1.807) is 0 Å². The highest BCUT2D eigenvalue weighted by atomic mass is 35.5. The smallest absolute Gasteiger partial charge is 0.229 e. The zero-order chi connectivity index (χ0) is 13.1. The molecule has 1 unspecified atom stereocenters. The number of nitrogen functional groups attached to an aromatic ring is 1. The van der Waals surface area contributed by atoms with Gasteiger partial charge in [-0.3, -0.25) is 0 Å². The largest absolute Gasteiger partial charge is 0.368 e. The Labute approximate surface area is 114 Å². The molecule has 0 aliphatic carbocycles. The molecule has 0 saturated carbocycles. The van der Waals surface area contributed by atoms with Gasteiger partial charge in [0.05, 0.1) is 6.04 Å². The molecule has 0 aliphatic rings. The van der Waals surface area contributed by atoms with E-state index in [0.29, 0.717) is 11.0 Å². The summed E-state index contributed by atoms with van der Waals surface area (Å²) in [6.07, 6.45) is 0. The molecular formula is C11H11Cl2N5. The van der Waals surface area contributed by atoms with Crippen LogP contribution in [0.15, 0.2) is 24.3 Å². The first-order valence-electron chi connectivity index (χ1n) is 5.23. The molecule has 94 valence electrons. The van der Waals surface area contributed by atoms with Gasteiger partial charge in [0.2, 0.25) is 17.2 Å². The molecule has 2 rings (SSSR count). The molecule has 3 N–H and O–H groups in total. The van der Waals surface area contributed by atoms with Crippen LogP contribution in [0.25, 0.3) is 0 Å². The topological polar surface area (TPSA) is 76.7 Å². The highest BCUT2D eigenvalue weighted by Crippen LogP contribution is 2.20. The van der Waals surface area contributed by atoms with Crippen molar-refractivity contribution < 1.29 is 0 Å². The first-order valence-corrected chi connectivity index (χ1v) is 5.99. The summed E-state index contributed by atoms with van der Waals surface area (Å²) < 4.78 is 0. The Balaban J connectivity index is 2.18. The van der Waals surface area contributed by atoms with Crippen molar-refractivity contribution in [3.8, 4) is 0 Å². The summed E-state index contributed by atoms with van der Waals surface area (Å²) in [6, 6.07) is 7.49. The number of halogens is 2. The molecule has 5 nitrogen and oxygen atoms in total. The van der Waals surface area contributed by atoms with E-state index in [4.69, 9.17) is 28.9 Å². The average Bonchev–Trinajstić information content (AvgIpc) is 2.27. The minimum atomic E-state index is -0.0263. The van der Waals surface area contributed by atoms with Gasteiger partial charge >= 0.3 is 0 Å². The summed E-state index contributed by atoms with van der Waals surface area (Å²) in [5, 5.41) is 3.82. The Morgan fingerprint density at radius 3 is 2.67 bits per heavy atom. The standard InChI is InChI=1S/C11H11Cl2N5/c1-6(7-3-2-4-8(12)5-7)15-11-17-9(13)16-10(14)18-11/h2-6H,1H3,(H3,14,15,16,17,18). The van der Waals surface area contributed by atoms with Crippen molar-refractivity contribution >= 4 is 35.1 Å².